The van der Waals surface area contributed by atoms with Crippen molar-refractivity contribution in [3.8, 4) is 0 Å². The summed E-state index contributed by atoms with van der Waals surface area (Å²) in [6.07, 6.45) is 11.3. The second-order valence-electron chi connectivity index (χ2n) is 12.0. The number of fused-ring (bicyclic) bond motifs is 5. The zero-order chi connectivity index (χ0) is 21.9. The number of rotatable bonds is 2. The summed E-state index contributed by atoms with van der Waals surface area (Å²) in [5.74, 6) is 1.82. The van der Waals surface area contributed by atoms with Crippen LogP contribution >= 0.6 is 0 Å². The number of ether oxygens (including phenoxy) is 2. The fourth-order valence-electron chi connectivity index (χ4n) is 7.40. The summed E-state index contributed by atoms with van der Waals surface area (Å²) in [6, 6.07) is 0. The van der Waals surface area contributed by atoms with Gasteiger partial charge in [0.25, 0.3) is 0 Å². The van der Waals surface area contributed by atoms with Crippen LogP contribution in [-0.2, 0) is 19.1 Å². The van der Waals surface area contributed by atoms with E-state index >= 15 is 0 Å². The largest absolute Gasteiger partial charge is 0.462 e. The van der Waals surface area contributed by atoms with Gasteiger partial charge in [-0.05, 0) is 88.9 Å². The van der Waals surface area contributed by atoms with Crippen molar-refractivity contribution in [1.82, 2.24) is 0 Å². The molecule has 0 heterocycles. The molecule has 1 unspecified atom stereocenters. The molecule has 4 aliphatic carbocycles. The molecule has 0 amide bonds. The van der Waals surface area contributed by atoms with Crippen molar-refractivity contribution < 1.29 is 19.1 Å². The van der Waals surface area contributed by atoms with Gasteiger partial charge >= 0.3 is 11.9 Å². The van der Waals surface area contributed by atoms with Crippen LogP contribution in [0.25, 0.3) is 0 Å². The summed E-state index contributed by atoms with van der Waals surface area (Å²) in [5.41, 5.74) is 1.45. The van der Waals surface area contributed by atoms with E-state index < -0.39 is 5.41 Å². The molecule has 0 bridgehead atoms. The summed E-state index contributed by atoms with van der Waals surface area (Å²) in [7, 11) is 0. The second-order valence-corrected chi connectivity index (χ2v) is 12.0. The van der Waals surface area contributed by atoms with E-state index in [1.54, 1.807) is 6.92 Å². The van der Waals surface area contributed by atoms with Gasteiger partial charge < -0.3 is 9.47 Å². The SMILES string of the molecule is CC(=O)OC1CC[C@H]2[C@@H]3CC=C4C[C@@H](OC(=O)C(C)(C)C)CC[C@]4(C)[C@H]3CC[C@]12C. The van der Waals surface area contributed by atoms with Gasteiger partial charge in [0, 0.05) is 18.8 Å². The van der Waals surface area contributed by atoms with Gasteiger partial charge in [-0.1, -0.05) is 25.5 Å². The molecule has 7 atom stereocenters. The van der Waals surface area contributed by atoms with E-state index in [4.69, 9.17) is 9.47 Å². The Morgan fingerprint density at radius 1 is 1.00 bits per heavy atom. The van der Waals surface area contributed by atoms with Crippen molar-refractivity contribution in [3.05, 3.63) is 11.6 Å². The molecule has 3 saturated carbocycles. The van der Waals surface area contributed by atoms with E-state index in [0.717, 1.165) is 38.5 Å². The van der Waals surface area contributed by atoms with E-state index in [9.17, 15) is 9.59 Å². The van der Waals surface area contributed by atoms with Crippen LogP contribution in [0.1, 0.15) is 92.9 Å². The standard InChI is InChI=1S/C26H40O4/c1-16(27)29-22-10-9-20-19-8-7-17-15-18(30-23(28)24(2,3)4)11-13-25(17,5)21(19)12-14-26(20,22)6/h7,18-22H,8-15H2,1-6H3/t18-,19-,20-,21-,22?,25-,26-/m0/s1. The van der Waals surface area contributed by atoms with E-state index in [2.05, 4.69) is 19.9 Å². The van der Waals surface area contributed by atoms with Crippen LogP contribution < -0.4 is 0 Å². The minimum atomic E-state index is -0.443. The molecule has 0 aliphatic heterocycles. The van der Waals surface area contributed by atoms with Gasteiger partial charge in [0.15, 0.2) is 0 Å². The summed E-state index contributed by atoms with van der Waals surface area (Å²) >= 11 is 0. The summed E-state index contributed by atoms with van der Waals surface area (Å²) < 4.78 is 11.7. The molecule has 3 fully saturated rings. The maximum Gasteiger partial charge on any atom is 0.311 e. The van der Waals surface area contributed by atoms with Crippen molar-refractivity contribution in [2.75, 3.05) is 0 Å². The van der Waals surface area contributed by atoms with Gasteiger partial charge in [-0.2, -0.15) is 0 Å². The Bertz CT molecular complexity index is 747. The fraction of sp³-hybridized carbons (Fsp3) is 0.846. The van der Waals surface area contributed by atoms with Crippen LogP contribution in [0.2, 0.25) is 0 Å². The summed E-state index contributed by atoms with van der Waals surface area (Å²) in [5, 5.41) is 0. The number of esters is 2. The lowest BCUT2D eigenvalue weighted by Gasteiger charge is -2.57. The molecule has 4 heteroatoms. The van der Waals surface area contributed by atoms with Crippen molar-refractivity contribution >= 4 is 11.9 Å². The molecule has 168 valence electrons. The highest BCUT2D eigenvalue weighted by Crippen LogP contribution is 2.65. The van der Waals surface area contributed by atoms with E-state index in [1.165, 1.54) is 18.4 Å². The molecule has 4 rings (SSSR count). The van der Waals surface area contributed by atoms with Gasteiger partial charge in [0.1, 0.15) is 12.2 Å². The monoisotopic (exact) mass is 416 g/mol. The third-order valence-corrected chi connectivity index (χ3v) is 9.17. The molecule has 4 aliphatic rings. The highest BCUT2D eigenvalue weighted by molar-refractivity contribution is 5.75. The highest BCUT2D eigenvalue weighted by Gasteiger charge is 2.59. The number of hydrogen-bond donors (Lipinski definition) is 0. The third-order valence-electron chi connectivity index (χ3n) is 9.17. The van der Waals surface area contributed by atoms with Crippen LogP contribution in [-0.4, -0.2) is 24.1 Å². The molecule has 0 aromatic rings. The quantitative estimate of drug-likeness (QED) is 0.419. The average molecular weight is 417 g/mol. The molecular weight excluding hydrogens is 376 g/mol. The Hall–Kier alpha value is -1.32. The number of hydrogen-bond acceptors (Lipinski definition) is 4. The minimum Gasteiger partial charge on any atom is -0.462 e. The maximum absolute atomic E-state index is 12.4. The van der Waals surface area contributed by atoms with Gasteiger partial charge in [0.05, 0.1) is 5.41 Å². The third kappa shape index (κ3) is 3.52. The van der Waals surface area contributed by atoms with Crippen molar-refractivity contribution in [1.29, 1.82) is 0 Å². The zero-order valence-corrected chi connectivity index (χ0v) is 19.8. The molecule has 0 radical (unpaired) electrons. The molecule has 0 saturated heterocycles. The Kier molecular flexibility index (Phi) is 5.38. The topological polar surface area (TPSA) is 52.6 Å². The Balaban J connectivity index is 1.51. The number of carbonyl (C=O) groups excluding carboxylic acids is 2. The van der Waals surface area contributed by atoms with E-state index in [-0.39, 0.29) is 35.0 Å². The normalized spacial score (nSPS) is 43.0. The van der Waals surface area contributed by atoms with Crippen LogP contribution in [0, 0.1) is 34.0 Å². The Morgan fingerprint density at radius 3 is 2.40 bits per heavy atom. The molecule has 0 aromatic heterocycles. The zero-order valence-electron chi connectivity index (χ0n) is 19.8. The van der Waals surface area contributed by atoms with E-state index in [1.807, 2.05) is 20.8 Å². The number of allylic oxidation sites excluding steroid dienone is 1. The fourth-order valence-corrected chi connectivity index (χ4v) is 7.40. The molecule has 4 nitrogen and oxygen atoms in total. The minimum absolute atomic E-state index is 0.0290. The predicted molar refractivity (Wildman–Crippen MR) is 117 cm³/mol. The van der Waals surface area contributed by atoms with Gasteiger partial charge in [-0.25, -0.2) is 0 Å². The number of carbonyl (C=O) groups is 2. The lowest BCUT2D eigenvalue weighted by Crippen LogP contribution is -2.51. The first-order valence-corrected chi connectivity index (χ1v) is 12.0. The molecule has 0 N–H and O–H groups in total. The Morgan fingerprint density at radius 2 is 1.73 bits per heavy atom. The van der Waals surface area contributed by atoms with E-state index in [0.29, 0.717) is 17.8 Å². The lowest BCUT2D eigenvalue weighted by atomic mass is 9.48. The van der Waals surface area contributed by atoms with Crippen LogP contribution in [0.4, 0.5) is 0 Å². The lowest BCUT2D eigenvalue weighted by molar-refractivity contribution is -0.161. The molecule has 0 aromatic carbocycles. The van der Waals surface area contributed by atoms with Gasteiger partial charge in [-0.3, -0.25) is 9.59 Å². The smallest absolute Gasteiger partial charge is 0.311 e. The average Bonchev–Trinajstić information content (AvgIpc) is 2.97. The molecular formula is C26H40O4. The van der Waals surface area contributed by atoms with Crippen LogP contribution in [0.15, 0.2) is 11.6 Å². The first-order chi connectivity index (χ1) is 13.9. The van der Waals surface area contributed by atoms with Crippen molar-refractivity contribution in [2.24, 2.45) is 34.0 Å². The predicted octanol–water partition coefficient (Wildman–Crippen LogP) is 5.84. The maximum atomic E-state index is 12.4. The van der Waals surface area contributed by atoms with Gasteiger partial charge in [-0.15, -0.1) is 0 Å². The Labute approximate surface area is 182 Å². The van der Waals surface area contributed by atoms with Crippen molar-refractivity contribution in [2.45, 2.75) is 105 Å². The second kappa shape index (κ2) is 7.38. The summed E-state index contributed by atoms with van der Waals surface area (Å²) in [4.78, 5) is 24.0. The van der Waals surface area contributed by atoms with Crippen molar-refractivity contribution in [3.63, 3.8) is 0 Å². The van der Waals surface area contributed by atoms with Gasteiger partial charge in [0.2, 0.25) is 0 Å². The molecule has 30 heavy (non-hydrogen) atoms. The highest BCUT2D eigenvalue weighted by atomic mass is 16.5. The van der Waals surface area contributed by atoms with Crippen LogP contribution in [0.3, 0.4) is 0 Å². The summed E-state index contributed by atoms with van der Waals surface area (Å²) in [6.45, 7) is 12.2. The van der Waals surface area contributed by atoms with Crippen LogP contribution in [0.5, 0.6) is 0 Å². The first-order valence-electron chi connectivity index (χ1n) is 12.0. The first kappa shape index (κ1) is 21.9. The molecule has 0 spiro atoms.